The quantitative estimate of drug-likeness (QED) is 0.850. The van der Waals surface area contributed by atoms with Crippen molar-refractivity contribution in [1.82, 2.24) is 10.3 Å². The Morgan fingerprint density at radius 3 is 2.77 bits per heavy atom. The van der Waals surface area contributed by atoms with Gasteiger partial charge in [-0.15, -0.1) is 0 Å². The lowest BCUT2D eigenvalue weighted by Crippen LogP contribution is -2.30. The normalized spacial score (nSPS) is 10.1. The molecule has 1 heterocycles. The topological polar surface area (TPSA) is 68.3 Å². The molecule has 0 aliphatic rings. The molecule has 0 unspecified atom stereocenters. The maximum Gasteiger partial charge on any atom is 0.325 e. The number of methoxy groups -OCH3 is 1. The maximum absolute atomic E-state index is 12.2. The first-order chi connectivity index (χ1) is 10.6. The Morgan fingerprint density at radius 1 is 1.27 bits per heavy atom. The van der Waals surface area contributed by atoms with Gasteiger partial charge in [0.2, 0.25) is 0 Å². The first-order valence-electron chi connectivity index (χ1n) is 6.34. The predicted molar refractivity (Wildman–Crippen MR) is 84.2 cm³/mol. The van der Waals surface area contributed by atoms with E-state index in [1.165, 1.54) is 18.9 Å². The van der Waals surface area contributed by atoms with E-state index in [2.05, 4.69) is 15.0 Å². The summed E-state index contributed by atoms with van der Waals surface area (Å²) in [7, 11) is 1.26. The lowest BCUT2D eigenvalue weighted by atomic mass is 10.2. The molecule has 22 heavy (non-hydrogen) atoms. The molecule has 1 N–H and O–H groups in total. The summed E-state index contributed by atoms with van der Waals surface area (Å²) in [4.78, 5) is 28.3. The number of nitrogens with zero attached hydrogens (tertiary/aromatic N) is 1. The SMILES string of the molecule is COC(=O)CNC(=O)c1cccnc1Sc1ccccc1Cl. The van der Waals surface area contributed by atoms with E-state index >= 15 is 0 Å². The lowest BCUT2D eigenvalue weighted by molar-refractivity contribution is -0.139. The molecule has 0 atom stereocenters. The summed E-state index contributed by atoms with van der Waals surface area (Å²) >= 11 is 7.41. The highest BCUT2D eigenvalue weighted by Crippen LogP contribution is 2.33. The van der Waals surface area contributed by atoms with Crippen LogP contribution in [0.4, 0.5) is 0 Å². The highest BCUT2D eigenvalue weighted by atomic mass is 35.5. The second-order valence-electron chi connectivity index (χ2n) is 4.15. The minimum atomic E-state index is -0.516. The lowest BCUT2D eigenvalue weighted by Gasteiger charge is -2.09. The Morgan fingerprint density at radius 2 is 2.05 bits per heavy atom. The number of hydrogen-bond donors (Lipinski definition) is 1. The number of aromatic nitrogens is 1. The van der Waals surface area contributed by atoms with E-state index in [4.69, 9.17) is 11.6 Å². The van der Waals surface area contributed by atoms with Crippen LogP contribution < -0.4 is 5.32 Å². The van der Waals surface area contributed by atoms with Crippen LogP contribution in [0.5, 0.6) is 0 Å². The number of rotatable bonds is 5. The Kier molecular flexibility index (Phi) is 5.80. The molecular weight excluding hydrogens is 324 g/mol. The fourth-order valence-electron chi connectivity index (χ4n) is 1.60. The first kappa shape index (κ1) is 16.3. The molecule has 2 aromatic rings. The van der Waals surface area contributed by atoms with Crippen molar-refractivity contribution in [2.45, 2.75) is 9.92 Å². The molecule has 0 aliphatic carbocycles. The van der Waals surface area contributed by atoms with E-state index in [1.54, 1.807) is 24.4 Å². The van der Waals surface area contributed by atoms with Gasteiger partial charge < -0.3 is 10.1 Å². The number of esters is 1. The molecule has 0 radical (unpaired) electrons. The third-order valence-corrected chi connectivity index (χ3v) is 4.22. The number of nitrogens with one attached hydrogen (secondary N) is 1. The third kappa shape index (κ3) is 4.22. The van der Waals surface area contributed by atoms with Crippen molar-refractivity contribution in [1.29, 1.82) is 0 Å². The molecule has 0 aliphatic heterocycles. The standard InChI is InChI=1S/C15H13ClN2O3S/c1-21-13(19)9-18-14(20)10-5-4-8-17-15(10)22-12-7-3-2-6-11(12)16/h2-8H,9H2,1H3,(H,18,20). The van der Waals surface area contributed by atoms with Crippen LogP contribution in [0.2, 0.25) is 5.02 Å². The molecule has 2 rings (SSSR count). The molecule has 0 bridgehead atoms. The van der Waals surface area contributed by atoms with Crippen molar-refractivity contribution in [3.63, 3.8) is 0 Å². The number of benzene rings is 1. The van der Waals surface area contributed by atoms with Crippen molar-refractivity contribution >= 4 is 35.2 Å². The highest BCUT2D eigenvalue weighted by Gasteiger charge is 2.15. The second kappa shape index (κ2) is 7.82. The number of halogens is 1. The number of hydrogen-bond acceptors (Lipinski definition) is 5. The van der Waals surface area contributed by atoms with Gasteiger partial charge in [-0.25, -0.2) is 4.98 Å². The van der Waals surface area contributed by atoms with Crippen LogP contribution in [0, 0.1) is 0 Å². The van der Waals surface area contributed by atoms with E-state index in [0.29, 0.717) is 15.6 Å². The van der Waals surface area contributed by atoms with Gasteiger partial charge in [0.15, 0.2) is 0 Å². The number of pyridine rings is 1. The number of carbonyl (C=O) groups excluding carboxylic acids is 2. The molecule has 0 spiro atoms. The summed E-state index contributed by atoms with van der Waals surface area (Å²) in [6, 6.07) is 10.6. The molecule has 7 heteroatoms. The molecular formula is C15H13ClN2O3S. The Hall–Kier alpha value is -2.05. The minimum absolute atomic E-state index is 0.194. The van der Waals surface area contributed by atoms with E-state index in [0.717, 1.165) is 4.90 Å². The van der Waals surface area contributed by atoms with Crippen LogP contribution in [0.3, 0.4) is 0 Å². The summed E-state index contributed by atoms with van der Waals surface area (Å²) in [5.41, 5.74) is 0.372. The zero-order valence-corrected chi connectivity index (χ0v) is 13.3. The minimum Gasteiger partial charge on any atom is -0.468 e. The summed E-state index contributed by atoms with van der Waals surface area (Å²) < 4.78 is 4.49. The second-order valence-corrected chi connectivity index (χ2v) is 5.59. The average Bonchev–Trinajstić information content (AvgIpc) is 2.55. The molecule has 5 nitrogen and oxygen atoms in total. The van der Waals surface area contributed by atoms with Crippen molar-refractivity contribution in [3.05, 3.63) is 53.2 Å². The van der Waals surface area contributed by atoms with Crippen LogP contribution in [-0.2, 0) is 9.53 Å². The highest BCUT2D eigenvalue weighted by molar-refractivity contribution is 7.99. The molecule has 0 saturated heterocycles. The van der Waals surface area contributed by atoms with Crippen LogP contribution in [0.1, 0.15) is 10.4 Å². The van der Waals surface area contributed by atoms with Crippen LogP contribution in [0.25, 0.3) is 0 Å². The largest absolute Gasteiger partial charge is 0.468 e. The van der Waals surface area contributed by atoms with E-state index in [-0.39, 0.29) is 6.54 Å². The third-order valence-electron chi connectivity index (χ3n) is 2.68. The Balaban J connectivity index is 2.18. The Labute approximate surface area is 137 Å². The number of carbonyl (C=O) groups is 2. The molecule has 114 valence electrons. The van der Waals surface area contributed by atoms with Gasteiger partial charge in [-0.1, -0.05) is 35.5 Å². The number of ether oxygens (including phenoxy) is 1. The van der Waals surface area contributed by atoms with Gasteiger partial charge in [0.1, 0.15) is 11.6 Å². The van der Waals surface area contributed by atoms with E-state index in [9.17, 15) is 9.59 Å². The molecule has 1 aromatic carbocycles. The molecule has 0 saturated carbocycles. The summed E-state index contributed by atoms with van der Waals surface area (Å²) in [6.45, 7) is -0.194. The monoisotopic (exact) mass is 336 g/mol. The summed E-state index contributed by atoms with van der Waals surface area (Å²) in [5.74, 6) is -0.911. The van der Waals surface area contributed by atoms with Crippen molar-refractivity contribution in [2.75, 3.05) is 13.7 Å². The van der Waals surface area contributed by atoms with Crippen LogP contribution in [0.15, 0.2) is 52.5 Å². The van der Waals surface area contributed by atoms with Gasteiger partial charge in [-0.2, -0.15) is 0 Å². The average molecular weight is 337 g/mol. The van der Waals surface area contributed by atoms with Gasteiger partial charge in [0.25, 0.3) is 5.91 Å². The van der Waals surface area contributed by atoms with Gasteiger partial charge in [0, 0.05) is 11.1 Å². The molecule has 1 amide bonds. The zero-order valence-electron chi connectivity index (χ0n) is 11.7. The zero-order chi connectivity index (χ0) is 15.9. The summed E-state index contributed by atoms with van der Waals surface area (Å²) in [5, 5.41) is 3.59. The maximum atomic E-state index is 12.2. The van der Waals surface area contributed by atoms with Gasteiger partial charge in [0.05, 0.1) is 17.7 Å². The van der Waals surface area contributed by atoms with E-state index in [1.807, 2.05) is 18.2 Å². The van der Waals surface area contributed by atoms with Crippen molar-refractivity contribution in [2.24, 2.45) is 0 Å². The Bertz CT molecular complexity index is 694. The van der Waals surface area contributed by atoms with Crippen molar-refractivity contribution < 1.29 is 14.3 Å². The van der Waals surface area contributed by atoms with Crippen LogP contribution >= 0.6 is 23.4 Å². The van der Waals surface area contributed by atoms with Gasteiger partial charge >= 0.3 is 5.97 Å². The van der Waals surface area contributed by atoms with Gasteiger partial charge in [-0.3, -0.25) is 9.59 Å². The van der Waals surface area contributed by atoms with Gasteiger partial charge in [-0.05, 0) is 24.3 Å². The van der Waals surface area contributed by atoms with E-state index < -0.39 is 11.9 Å². The van der Waals surface area contributed by atoms with Crippen LogP contribution in [-0.4, -0.2) is 30.5 Å². The summed E-state index contributed by atoms with van der Waals surface area (Å²) in [6.07, 6.45) is 1.59. The first-order valence-corrected chi connectivity index (χ1v) is 7.53. The smallest absolute Gasteiger partial charge is 0.325 e. The molecule has 0 fully saturated rings. The predicted octanol–water partition coefficient (Wildman–Crippen LogP) is 2.79. The fourth-order valence-corrected chi connectivity index (χ4v) is 2.75. The molecule has 1 aromatic heterocycles. The number of amides is 1. The fraction of sp³-hybridized carbons (Fsp3) is 0.133. The van der Waals surface area contributed by atoms with Crippen molar-refractivity contribution in [3.8, 4) is 0 Å².